The van der Waals surface area contributed by atoms with E-state index >= 15 is 0 Å². The lowest BCUT2D eigenvalue weighted by atomic mass is 9.53. The third-order valence-corrected chi connectivity index (χ3v) is 8.60. The van der Waals surface area contributed by atoms with Gasteiger partial charge in [0.1, 0.15) is 12.1 Å². The molecule has 1 heterocycles. The van der Waals surface area contributed by atoms with Crippen molar-refractivity contribution in [3.05, 3.63) is 0 Å². The Bertz CT molecular complexity index is 776. The standard InChI is InChI=1S/C23H33N3O5/c1-14-4-2-3-5-23(14)20(29)26(21(30)25-23)12-19(28)31-13-18(27)24-22-9-15-6-16(10-22)8-17(7-15)11-22/h14-17H,2-13H2,1H3,(H,24,27)(H,25,30)/t14-,15?,16?,17?,22?,23-/m1/s1. The van der Waals surface area contributed by atoms with Gasteiger partial charge in [-0.1, -0.05) is 19.8 Å². The molecule has 6 rings (SSSR count). The summed E-state index contributed by atoms with van der Waals surface area (Å²) in [7, 11) is 0. The van der Waals surface area contributed by atoms with Crippen LogP contribution in [0.15, 0.2) is 0 Å². The average molecular weight is 432 g/mol. The number of nitrogens with zero attached hydrogens (tertiary/aromatic N) is 1. The zero-order chi connectivity index (χ0) is 21.8. The van der Waals surface area contributed by atoms with E-state index in [9.17, 15) is 19.2 Å². The Morgan fingerprint density at radius 2 is 1.74 bits per heavy atom. The van der Waals surface area contributed by atoms with E-state index in [0.717, 1.165) is 43.4 Å². The number of rotatable bonds is 5. The lowest BCUT2D eigenvalue weighted by Gasteiger charge is -2.56. The maximum absolute atomic E-state index is 12.9. The van der Waals surface area contributed by atoms with Gasteiger partial charge in [0, 0.05) is 5.54 Å². The van der Waals surface area contributed by atoms with Gasteiger partial charge in [-0.3, -0.25) is 19.3 Å². The highest BCUT2D eigenvalue weighted by atomic mass is 16.5. The first-order valence-corrected chi connectivity index (χ1v) is 11.9. The largest absolute Gasteiger partial charge is 0.454 e. The van der Waals surface area contributed by atoms with Gasteiger partial charge in [-0.25, -0.2) is 4.79 Å². The number of carbonyl (C=O) groups is 4. The van der Waals surface area contributed by atoms with Crippen LogP contribution in [-0.4, -0.2) is 52.9 Å². The predicted octanol–water partition coefficient (Wildman–Crippen LogP) is 2.12. The second-order valence-electron chi connectivity index (χ2n) is 10.8. The van der Waals surface area contributed by atoms with Crippen molar-refractivity contribution < 1.29 is 23.9 Å². The Morgan fingerprint density at radius 1 is 1.10 bits per heavy atom. The molecule has 8 nitrogen and oxygen atoms in total. The molecule has 1 saturated heterocycles. The smallest absolute Gasteiger partial charge is 0.326 e. The fourth-order valence-corrected chi connectivity index (χ4v) is 7.56. The molecule has 4 bridgehead atoms. The van der Waals surface area contributed by atoms with Crippen LogP contribution in [0.2, 0.25) is 0 Å². The highest BCUT2D eigenvalue weighted by Gasteiger charge is 2.55. The first-order chi connectivity index (χ1) is 14.8. The summed E-state index contributed by atoms with van der Waals surface area (Å²) < 4.78 is 5.15. The summed E-state index contributed by atoms with van der Waals surface area (Å²) in [5.41, 5.74) is -1.03. The Morgan fingerprint density at radius 3 is 2.35 bits per heavy atom. The number of hydrogen-bond donors (Lipinski definition) is 2. The van der Waals surface area contributed by atoms with Gasteiger partial charge in [0.2, 0.25) is 0 Å². The summed E-state index contributed by atoms with van der Waals surface area (Å²) in [4.78, 5) is 51.2. The van der Waals surface area contributed by atoms with Crippen molar-refractivity contribution in [2.24, 2.45) is 23.7 Å². The van der Waals surface area contributed by atoms with E-state index in [-0.39, 0.29) is 29.9 Å². The van der Waals surface area contributed by atoms with Crippen molar-refractivity contribution in [3.8, 4) is 0 Å². The molecule has 170 valence electrons. The molecule has 1 spiro atoms. The summed E-state index contributed by atoms with van der Waals surface area (Å²) in [6.45, 7) is 1.14. The minimum Gasteiger partial charge on any atom is -0.454 e. The lowest BCUT2D eigenvalue weighted by molar-refractivity contribution is -0.152. The summed E-state index contributed by atoms with van der Waals surface area (Å²) in [6.07, 6.45) is 10.3. The summed E-state index contributed by atoms with van der Waals surface area (Å²) in [5.74, 6) is 0.800. The quantitative estimate of drug-likeness (QED) is 0.512. The van der Waals surface area contributed by atoms with Gasteiger partial charge in [-0.05, 0) is 75.0 Å². The van der Waals surface area contributed by atoms with E-state index in [1.807, 2.05) is 6.92 Å². The topological polar surface area (TPSA) is 105 Å². The molecule has 31 heavy (non-hydrogen) atoms. The van der Waals surface area contributed by atoms with Crippen LogP contribution in [0.5, 0.6) is 0 Å². The van der Waals surface area contributed by atoms with Crippen LogP contribution in [0, 0.1) is 23.7 Å². The number of imide groups is 1. The molecule has 6 aliphatic rings. The van der Waals surface area contributed by atoms with Crippen LogP contribution >= 0.6 is 0 Å². The predicted molar refractivity (Wildman–Crippen MR) is 111 cm³/mol. The van der Waals surface area contributed by atoms with E-state index in [1.165, 1.54) is 19.3 Å². The molecule has 0 aromatic rings. The van der Waals surface area contributed by atoms with E-state index in [2.05, 4.69) is 10.6 Å². The van der Waals surface area contributed by atoms with Crippen molar-refractivity contribution >= 4 is 23.8 Å². The zero-order valence-corrected chi connectivity index (χ0v) is 18.3. The summed E-state index contributed by atoms with van der Waals surface area (Å²) >= 11 is 0. The Balaban J connectivity index is 1.13. The van der Waals surface area contributed by atoms with Crippen molar-refractivity contribution in [2.75, 3.05) is 13.2 Å². The third-order valence-electron chi connectivity index (χ3n) is 8.60. The maximum atomic E-state index is 12.9. The van der Waals surface area contributed by atoms with E-state index in [0.29, 0.717) is 24.2 Å². The molecule has 1 aliphatic heterocycles. The first-order valence-electron chi connectivity index (χ1n) is 11.9. The highest BCUT2D eigenvalue weighted by Crippen LogP contribution is 2.55. The van der Waals surface area contributed by atoms with Gasteiger partial charge in [0.05, 0.1) is 0 Å². The SMILES string of the molecule is C[C@@H]1CCCC[C@@]12NC(=O)N(CC(=O)OCC(=O)NC13CC4CC(CC(C4)C1)C3)C2=O. The number of urea groups is 1. The maximum Gasteiger partial charge on any atom is 0.326 e. The van der Waals surface area contributed by atoms with Gasteiger partial charge in [-0.15, -0.1) is 0 Å². The van der Waals surface area contributed by atoms with Crippen LogP contribution in [0.1, 0.15) is 71.1 Å². The van der Waals surface area contributed by atoms with Crippen LogP contribution in [0.3, 0.4) is 0 Å². The van der Waals surface area contributed by atoms with Crippen molar-refractivity contribution in [1.29, 1.82) is 0 Å². The van der Waals surface area contributed by atoms with Gasteiger partial charge in [-0.2, -0.15) is 0 Å². The van der Waals surface area contributed by atoms with Crippen LogP contribution in [0.4, 0.5) is 4.79 Å². The normalized spacial score (nSPS) is 40.9. The Labute approximate surface area is 182 Å². The van der Waals surface area contributed by atoms with E-state index in [4.69, 9.17) is 4.74 Å². The van der Waals surface area contributed by atoms with Crippen molar-refractivity contribution in [2.45, 2.75) is 82.2 Å². The van der Waals surface area contributed by atoms with Crippen molar-refractivity contribution in [1.82, 2.24) is 15.5 Å². The second-order valence-corrected chi connectivity index (χ2v) is 10.8. The molecule has 6 fully saturated rings. The third kappa shape index (κ3) is 3.61. The lowest BCUT2D eigenvalue weighted by Crippen LogP contribution is -2.60. The molecule has 2 N–H and O–H groups in total. The van der Waals surface area contributed by atoms with Crippen LogP contribution in [-0.2, 0) is 19.1 Å². The van der Waals surface area contributed by atoms with Crippen molar-refractivity contribution in [3.63, 3.8) is 0 Å². The molecule has 2 atom stereocenters. The number of amides is 4. The fourth-order valence-electron chi connectivity index (χ4n) is 7.56. The van der Waals surface area contributed by atoms with Gasteiger partial charge in [0.25, 0.3) is 11.8 Å². The minimum atomic E-state index is -0.897. The molecular weight excluding hydrogens is 398 g/mol. The number of nitrogens with one attached hydrogen (secondary N) is 2. The van der Waals surface area contributed by atoms with E-state index < -0.39 is 24.1 Å². The molecule has 0 unspecified atom stereocenters. The van der Waals surface area contributed by atoms with Gasteiger partial charge < -0.3 is 15.4 Å². The summed E-state index contributed by atoms with van der Waals surface area (Å²) in [5, 5.41) is 5.99. The molecule has 5 saturated carbocycles. The molecule has 4 amide bonds. The molecule has 8 heteroatoms. The number of ether oxygens (including phenoxy) is 1. The summed E-state index contributed by atoms with van der Waals surface area (Å²) in [6, 6.07) is -0.547. The fraction of sp³-hybridized carbons (Fsp3) is 0.826. The zero-order valence-electron chi connectivity index (χ0n) is 18.3. The second kappa shape index (κ2) is 7.48. The number of carbonyl (C=O) groups excluding carboxylic acids is 4. The minimum absolute atomic E-state index is 0.0322. The monoisotopic (exact) mass is 431 g/mol. The Hall–Kier alpha value is -2.12. The number of esters is 1. The average Bonchev–Trinajstić information content (AvgIpc) is 2.92. The van der Waals surface area contributed by atoms with E-state index in [1.54, 1.807) is 0 Å². The number of hydrogen-bond acceptors (Lipinski definition) is 5. The molecule has 0 radical (unpaired) electrons. The molecule has 0 aromatic heterocycles. The Kier molecular flexibility index (Phi) is 5.01. The molecule has 5 aliphatic carbocycles. The van der Waals surface area contributed by atoms with Gasteiger partial charge in [0.15, 0.2) is 6.61 Å². The van der Waals surface area contributed by atoms with Gasteiger partial charge >= 0.3 is 12.0 Å². The van der Waals surface area contributed by atoms with Crippen LogP contribution in [0.25, 0.3) is 0 Å². The molecular formula is C23H33N3O5. The van der Waals surface area contributed by atoms with Crippen LogP contribution < -0.4 is 10.6 Å². The highest BCUT2D eigenvalue weighted by molar-refractivity contribution is 6.09. The molecule has 0 aromatic carbocycles. The first kappa shape index (κ1) is 20.8.